The third-order valence-electron chi connectivity index (χ3n) is 3.18. The van der Waals surface area contributed by atoms with Crippen molar-refractivity contribution in [3.8, 4) is 5.75 Å². The summed E-state index contributed by atoms with van der Waals surface area (Å²) in [6, 6.07) is 8.13. The van der Waals surface area contributed by atoms with Gasteiger partial charge in [0.15, 0.2) is 0 Å². The van der Waals surface area contributed by atoms with Crippen LogP contribution in [0.1, 0.15) is 53.2 Å². The van der Waals surface area contributed by atoms with Crippen molar-refractivity contribution in [1.29, 1.82) is 0 Å². The maximum Gasteiger partial charge on any atom is 0.119 e. The van der Waals surface area contributed by atoms with Gasteiger partial charge in [-0.1, -0.05) is 39.8 Å². The Morgan fingerprint density at radius 3 is 1.90 bits per heavy atom. The Kier molecular flexibility index (Phi) is 6.50. The summed E-state index contributed by atoms with van der Waals surface area (Å²) < 4.78 is 5.62. The number of ether oxygens (including phenoxy) is 1. The van der Waals surface area contributed by atoms with Gasteiger partial charge in [0.2, 0.25) is 0 Å². The topological polar surface area (TPSA) is 41.5 Å². The van der Waals surface area contributed by atoms with Crippen molar-refractivity contribution in [2.24, 2.45) is 5.92 Å². The number of hydrogen-bond donors (Lipinski definition) is 2. The van der Waals surface area contributed by atoms with Gasteiger partial charge in [0.25, 0.3) is 0 Å². The zero-order chi connectivity index (χ0) is 15.3. The van der Waals surface area contributed by atoms with Crippen LogP contribution >= 0.6 is 0 Å². The van der Waals surface area contributed by atoms with E-state index in [0.717, 1.165) is 11.3 Å². The molecule has 2 N–H and O–H groups in total. The molecule has 2 unspecified atom stereocenters. The van der Waals surface area contributed by atoms with E-state index in [-0.39, 0.29) is 12.1 Å². The van der Waals surface area contributed by atoms with Gasteiger partial charge in [-0.2, -0.15) is 0 Å². The van der Waals surface area contributed by atoms with E-state index in [9.17, 15) is 5.11 Å². The molecule has 0 aliphatic carbocycles. The lowest BCUT2D eigenvalue weighted by molar-refractivity contribution is 0.100. The highest BCUT2D eigenvalue weighted by atomic mass is 16.5. The van der Waals surface area contributed by atoms with Gasteiger partial charge >= 0.3 is 0 Å². The highest BCUT2D eigenvalue weighted by Gasteiger charge is 2.24. The molecule has 20 heavy (non-hydrogen) atoms. The third kappa shape index (κ3) is 5.14. The van der Waals surface area contributed by atoms with Crippen molar-refractivity contribution in [1.82, 2.24) is 5.32 Å². The molecular formula is C17H29NO2. The monoisotopic (exact) mass is 279 g/mol. The number of rotatable bonds is 7. The van der Waals surface area contributed by atoms with Crippen LogP contribution in [0.5, 0.6) is 5.75 Å². The van der Waals surface area contributed by atoms with Crippen molar-refractivity contribution >= 4 is 0 Å². The van der Waals surface area contributed by atoms with Crippen LogP contribution in [0.15, 0.2) is 24.3 Å². The molecule has 0 aliphatic heterocycles. The Labute approximate surface area is 123 Å². The van der Waals surface area contributed by atoms with E-state index in [0.29, 0.717) is 12.0 Å². The van der Waals surface area contributed by atoms with Gasteiger partial charge in [0.05, 0.1) is 12.2 Å². The van der Waals surface area contributed by atoms with Crippen molar-refractivity contribution < 1.29 is 9.84 Å². The molecule has 1 aromatic rings. The normalized spacial score (nSPS) is 14.9. The summed E-state index contributed by atoms with van der Waals surface area (Å²) in [5, 5.41) is 14.0. The molecule has 3 nitrogen and oxygen atoms in total. The lowest BCUT2D eigenvalue weighted by Crippen LogP contribution is -2.42. The summed E-state index contributed by atoms with van der Waals surface area (Å²) in [7, 11) is 0. The highest BCUT2D eigenvalue weighted by molar-refractivity contribution is 5.29. The van der Waals surface area contributed by atoms with Crippen molar-refractivity contribution in [3.63, 3.8) is 0 Å². The second kappa shape index (κ2) is 7.65. The summed E-state index contributed by atoms with van der Waals surface area (Å²) >= 11 is 0. The quantitative estimate of drug-likeness (QED) is 0.802. The average Bonchev–Trinajstić information content (AvgIpc) is 2.35. The molecule has 0 radical (unpaired) electrons. The van der Waals surface area contributed by atoms with Gasteiger partial charge < -0.3 is 15.2 Å². The maximum absolute atomic E-state index is 10.6. The molecule has 1 aromatic carbocycles. The predicted molar refractivity (Wildman–Crippen MR) is 84.1 cm³/mol. The minimum absolute atomic E-state index is 0.0480. The van der Waals surface area contributed by atoms with Gasteiger partial charge in [-0.3, -0.25) is 0 Å². The van der Waals surface area contributed by atoms with Gasteiger partial charge in [0.1, 0.15) is 5.75 Å². The molecule has 0 fully saturated rings. The number of nitrogens with one attached hydrogen (secondary N) is 1. The Bertz CT molecular complexity index is 384. The minimum Gasteiger partial charge on any atom is -0.491 e. The molecule has 0 bridgehead atoms. The third-order valence-corrected chi connectivity index (χ3v) is 3.18. The fourth-order valence-corrected chi connectivity index (χ4v) is 2.26. The van der Waals surface area contributed by atoms with E-state index in [1.54, 1.807) is 0 Å². The van der Waals surface area contributed by atoms with E-state index in [4.69, 9.17) is 4.74 Å². The van der Waals surface area contributed by atoms with Crippen molar-refractivity contribution in [3.05, 3.63) is 29.8 Å². The molecular weight excluding hydrogens is 250 g/mol. The fraction of sp³-hybridized carbons (Fsp3) is 0.647. The molecule has 114 valence electrons. The van der Waals surface area contributed by atoms with Gasteiger partial charge in [-0.15, -0.1) is 0 Å². The first-order valence-corrected chi connectivity index (χ1v) is 7.52. The average molecular weight is 279 g/mol. The summed E-state index contributed by atoms with van der Waals surface area (Å²) in [6.45, 7) is 12.5. The highest BCUT2D eigenvalue weighted by Crippen LogP contribution is 2.24. The Hall–Kier alpha value is -1.06. The van der Waals surface area contributed by atoms with E-state index >= 15 is 0 Å². The number of aliphatic hydroxyl groups is 1. The first-order chi connectivity index (χ1) is 9.31. The van der Waals surface area contributed by atoms with E-state index in [2.05, 4.69) is 33.0 Å². The zero-order valence-electron chi connectivity index (χ0n) is 13.6. The molecule has 1 rings (SSSR count). The van der Waals surface area contributed by atoms with Crippen LogP contribution in [0.3, 0.4) is 0 Å². The van der Waals surface area contributed by atoms with E-state index < -0.39 is 6.10 Å². The first-order valence-electron chi connectivity index (χ1n) is 7.52. The Morgan fingerprint density at radius 1 is 0.950 bits per heavy atom. The SMILES string of the molecule is CC(C)NC(C(C)C)C(O)c1ccc(OC(C)C)cc1. The van der Waals surface area contributed by atoms with Crippen molar-refractivity contribution in [2.75, 3.05) is 0 Å². The van der Waals surface area contributed by atoms with Crippen LogP contribution in [0.2, 0.25) is 0 Å². The smallest absolute Gasteiger partial charge is 0.119 e. The van der Waals surface area contributed by atoms with Crippen LogP contribution in [0.4, 0.5) is 0 Å². The first kappa shape index (κ1) is 17.0. The van der Waals surface area contributed by atoms with Gasteiger partial charge in [-0.25, -0.2) is 0 Å². The number of hydrogen-bond acceptors (Lipinski definition) is 3. The molecule has 2 atom stereocenters. The number of aliphatic hydroxyl groups excluding tert-OH is 1. The molecule has 0 saturated heterocycles. The lowest BCUT2D eigenvalue weighted by atomic mass is 9.93. The molecule has 0 spiro atoms. The van der Waals surface area contributed by atoms with Crippen LogP contribution < -0.4 is 10.1 Å². The van der Waals surface area contributed by atoms with Gasteiger partial charge in [0, 0.05) is 12.1 Å². The minimum atomic E-state index is -0.509. The van der Waals surface area contributed by atoms with Crippen LogP contribution in [0.25, 0.3) is 0 Å². The zero-order valence-corrected chi connectivity index (χ0v) is 13.6. The number of benzene rings is 1. The van der Waals surface area contributed by atoms with E-state index in [1.807, 2.05) is 38.1 Å². The van der Waals surface area contributed by atoms with Gasteiger partial charge in [-0.05, 0) is 37.5 Å². The predicted octanol–water partition coefficient (Wildman–Crippen LogP) is 3.53. The summed E-state index contributed by atoms with van der Waals surface area (Å²) in [4.78, 5) is 0. The van der Waals surface area contributed by atoms with E-state index in [1.165, 1.54) is 0 Å². The molecule has 0 amide bonds. The molecule has 0 aliphatic rings. The largest absolute Gasteiger partial charge is 0.491 e. The second-order valence-electron chi connectivity index (χ2n) is 6.27. The maximum atomic E-state index is 10.6. The Balaban J connectivity index is 2.81. The fourth-order valence-electron chi connectivity index (χ4n) is 2.26. The molecule has 0 aromatic heterocycles. The van der Waals surface area contributed by atoms with Crippen LogP contribution in [0, 0.1) is 5.92 Å². The second-order valence-corrected chi connectivity index (χ2v) is 6.27. The summed E-state index contributed by atoms with van der Waals surface area (Å²) in [5.74, 6) is 1.20. The van der Waals surface area contributed by atoms with Crippen molar-refractivity contribution in [2.45, 2.75) is 65.8 Å². The molecule has 3 heteroatoms. The lowest BCUT2D eigenvalue weighted by Gasteiger charge is -2.30. The van der Waals surface area contributed by atoms with Crippen LogP contribution in [-0.2, 0) is 0 Å². The molecule has 0 saturated carbocycles. The summed E-state index contributed by atoms with van der Waals surface area (Å²) in [5.41, 5.74) is 0.924. The molecule has 0 heterocycles. The van der Waals surface area contributed by atoms with Crippen LogP contribution in [-0.4, -0.2) is 23.3 Å². The standard InChI is InChI=1S/C17H29NO2/c1-11(2)16(18-12(3)4)17(19)14-7-9-15(10-8-14)20-13(5)6/h7-13,16-19H,1-6H3. The summed E-state index contributed by atoms with van der Waals surface area (Å²) in [6.07, 6.45) is -0.345. The Morgan fingerprint density at radius 2 is 1.50 bits per heavy atom.